The number of carbonyl (C=O) groups excluding carboxylic acids is 2. The van der Waals surface area contributed by atoms with Gasteiger partial charge in [0.05, 0.1) is 5.69 Å². The molecule has 2 unspecified atom stereocenters. The lowest BCUT2D eigenvalue weighted by Gasteiger charge is -2.32. The van der Waals surface area contributed by atoms with Crippen LogP contribution in [0.3, 0.4) is 0 Å². The lowest BCUT2D eigenvalue weighted by Crippen LogP contribution is -2.46. The number of piperidine rings is 1. The number of benzene rings is 1. The second-order valence-electron chi connectivity index (χ2n) is 6.48. The zero-order chi connectivity index (χ0) is 16.9. The molecule has 0 radical (unpaired) electrons. The molecule has 25 heavy (non-hydrogen) atoms. The maximum Gasteiger partial charge on any atom is 0.267 e. The Balaban J connectivity index is 0.00000225. The van der Waals surface area contributed by atoms with E-state index in [1.165, 1.54) is 0 Å². The third kappa shape index (κ3) is 4.86. The average molecular weight is 368 g/mol. The maximum absolute atomic E-state index is 12.4. The molecule has 2 amide bonds. The average Bonchev–Trinajstić information content (AvgIpc) is 2.61. The summed E-state index contributed by atoms with van der Waals surface area (Å²) in [4.78, 5) is 26.2. The van der Waals surface area contributed by atoms with Gasteiger partial charge in [-0.3, -0.25) is 9.59 Å². The molecule has 7 heteroatoms. The molecule has 0 bridgehead atoms. The lowest BCUT2D eigenvalue weighted by atomic mass is 10.00. The van der Waals surface area contributed by atoms with Crippen molar-refractivity contribution in [1.29, 1.82) is 0 Å². The van der Waals surface area contributed by atoms with Crippen molar-refractivity contribution in [2.24, 2.45) is 5.92 Å². The summed E-state index contributed by atoms with van der Waals surface area (Å²) in [6.07, 6.45) is 2.10. The van der Waals surface area contributed by atoms with E-state index < -0.39 is 6.10 Å². The predicted molar refractivity (Wildman–Crippen MR) is 99.4 cm³/mol. The molecule has 2 aliphatic rings. The normalized spacial score (nSPS) is 22.4. The second kappa shape index (κ2) is 9.06. The zero-order valence-electron chi connectivity index (χ0n) is 14.5. The number of amides is 2. The lowest BCUT2D eigenvalue weighted by molar-refractivity contribution is -0.125. The number of ether oxygens (including phenoxy) is 1. The van der Waals surface area contributed by atoms with E-state index >= 15 is 0 Å². The molecule has 2 N–H and O–H groups in total. The molecular weight excluding hydrogens is 342 g/mol. The number of fused-ring (bicyclic) bond motifs is 1. The Morgan fingerprint density at radius 3 is 2.96 bits per heavy atom. The fourth-order valence-electron chi connectivity index (χ4n) is 3.25. The van der Waals surface area contributed by atoms with E-state index in [9.17, 15) is 9.59 Å². The smallest absolute Gasteiger partial charge is 0.267 e. The Kier molecular flexibility index (Phi) is 7.08. The first-order valence-electron chi connectivity index (χ1n) is 8.69. The van der Waals surface area contributed by atoms with Gasteiger partial charge in [-0.05, 0) is 50.9 Å². The van der Waals surface area contributed by atoms with Gasteiger partial charge in [0, 0.05) is 19.5 Å². The van der Waals surface area contributed by atoms with Crippen LogP contribution < -0.4 is 20.3 Å². The van der Waals surface area contributed by atoms with E-state index in [0.29, 0.717) is 31.2 Å². The van der Waals surface area contributed by atoms with Crippen molar-refractivity contribution in [2.75, 3.05) is 31.1 Å². The zero-order valence-corrected chi connectivity index (χ0v) is 15.3. The van der Waals surface area contributed by atoms with Crippen molar-refractivity contribution < 1.29 is 14.3 Å². The summed E-state index contributed by atoms with van der Waals surface area (Å²) in [6.45, 7) is 4.85. The number of rotatable bonds is 5. The number of para-hydroxylation sites is 2. The Morgan fingerprint density at radius 1 is 1.40 bits per heavy atom. The highest BCUT2D eigenvalue weighted by molar-refractivity contribution is 6.00. The van der Waals surface area contributed by atoms with Crippen LogP contribution in [0.5, 0.6) is 5.75 Å². The molecular formula is C18H26ClN3O3. The summed E-state index contributed by atoms with van der Waals surface area (Å²) >= 11 is 0. The van der Waals surface area contributed by atoms with Crippen LogP contribution in [0.15, 0.2) is 24.3 Å². The minimum atomic E-state index is -0.517. The highest BCUT2D eigenvalue weighted by Gasteiger charge is 2.31. The van der Waals surface area contributed by atoms with E-state index in [1.54, 1.807) is 11.8 Å². The first kappa shape index (κ1) is 19.5. The van der Waals surface area contributed by atoms with Crippen molar-refractivity contribution in [1.82, 2.24) is 10.6 Å². The standard InChI is InChI=1S/C18H25N3O3.ClH/c1-13-18(23)21(15-6-2-3-7-16(15)24-13)10-8-17(22)20-12-14-5-4-9-19-11-14;/h2-3,6-7,13-14,19H,4-5,8-12H2,1H3,(H,20,22);1H. The Labute approximate surface area is 154 Å². The number of halogens is 1. The van der Waals surface area contributed by atoms with E-state index in [2.05, 4.69) is 10.6 Å². The molecule has 1 fully saturated rings. The third-order valence-corrected chi connectivity index (χ3v) is 4.62. The molecule has 6 nitrogen and oxygen atoms in total. The van der Waals surface area contributed by atoms with Gasteiger partial charge in [0.15, 0.2) is 6.10 Å². The fraction of sp³-hybridized carbons (Fsp3) is 0.556. The van der Waals surface area contributed by atoms with E-state index in [1.807, 2.05) is 24.3 Å². The number of nitrogens with one attached hydrogen (secondary N) is 2. The molecule has 2 aliphatic heterocycles. The fourth-order valence-corrected chi connectivity index (χ4v) is 3.25. The van der Waals surface area contributed by atoms with Gasteiger partial charge in [-0.25, -0.2) is 0 Å². The number of carbonyl (C=O) groups is 2. The van der Waals surface area contributed by atoms with Crippen molar-refractivity contribution in [3.63, 3.8) is 0 Å². The molecule has 138 valence electrons. The number of hydrogen-bond acceptors (Lipinski definition) is 4. The molecule has 1 aromatic rings. The molecule has 0 aromatic heterocycles. The van der Waals surface area contributed by atoms with Crippen molar-refractivity contribution in [3.8, 4) is 5.75 Å². The summed E-state index contributed by atoms with van der Waals surface area (Å²) < 4.78 is 5.61. The molecule has 0 aliphatic carbocycles. The monoisotopic (exact) mass is 367 g/mol. The minimum absolute atomic E-state index is 0. The number of hydrogen-bond donors (Lipinski definition) is 2. The molecule has 2 atom stereocenters. The van der Waals surface area contributed by atoms with Crippen LogP contribution in [-0.2, 0) is 9.59 Å². The topological polar surface area (TPSA) is 70.7 Å². The summed E-state index contributed by atoms with van der Waals surface area (Å²) in [5.41, 5.74) is 0.741. The number of anilines is 1. The maximum atomic E-state index is 12.4. The van der Waals surface area contributed by atoms with Crippen molar-refractivity contribution in [2.45, 2.75) is 32.3 Å². The van der Waals surface area contributed by atoms with Gasteiger partial charge >= 0.3 is 0 Å². The van der Waals surface area contributed by atoms with Crippen molar-refractivity contribution >= 4 is 29.9 Å². The van der Waals surface area contributed by atoms with Gasteiger partial charge in [0.2, 0.25) is 5.91 Å². The van der Waals surface area contributed by atoms with Gasteiger partial charge in [-0.15, -0.1) is 12.4 Å². The summed E-state index contributed by atoms with van der Waals surface area (Å²) in [7, 11) is 0. The van der Waals surface area contributed by atoms with Crippen LogP contribution in [0.4, 0.5) is 5.69 Å². The van der Waals surface area contributed by atoms with Gasteiger partial charge in [0.25, 0.3) is 5.91 Å². The second-order valence-corrected chi connectivity index (χ2v) is 6.48. The van der Waals surface area contributed by atoms with Crippen LogP contribution >= 0.6 is 12.4 Å². The molecule has 1 saturated heterocycles. The summed E-state index contributed by atoms with van der Waals surface area (Å²) in [5.74, 6) is 1.09. The Morgan fingerprint density at radius 2 is 2.20 bits per heavy atom. The first-order chi connectivity index (χ1) is 11.6. The van der Waals surface area contributed by atoms with Gasteiger partial charge in [-0.2, -0.15) is 0 Å². The van der Waals surface area contributed by atoms with Crippen LogP contribution in [0.25, 0.3) is 0 Å². The highest BCUT2D eigenvalue weighted by Crippen LogP contribution is 2.33. The van der Waals surface area contributed by atoms with Crippen LogP contribution in [0.1, 0.15) is 26.2 Å². The SMILES string of the molecule is CC1Oc2ccccc2N(CCC(=O)NCC2CCCNC2)C1=O.Cl. The quantitative estimate of drug-likeness (QED) is 0.831. The van der Waals surface area contributed by atoms with Gasteiger partial charge in [0.1, 0.15) is 5.75 Å². The van der Waals surface area contributed by atoms with Gasteiger partial charge < -0.3 is 20.3 Å². The summed E-state index contributed by atoms with van der Waals surface area (Å²) in [6, 6.07) is 7.45. The molecule has 3 rings (SSSR count). The molecule has 0 saturated carbocycles. The molecule has 0 spiro atoms. The Bertz CT molecular complexity index is 605. The third-order valence-electron chi connectivity index (χ3n) is 4.62. The molecule has 2 heterocycles. The van der Waals surface area contributed by atoms with Crippen LogP contribution in [0, 0.1) is 5.92 Å². The molecule has 1 aromatic carbocycles. The van der Waals surface area contributed by atoms with E-state index in [0.717, 1.165) is 31.6 Å². The van der Waals surface area contributed by atoms with E-state index in [4.69, 9.17) is 4.74 Å². The minimum Gasteiger partial charge on any atom is -0.479 e. The largest absolute Gasteiger partial charge is 0.479 e. The highest BCUT2D eigenvalue weighted by atomic mass is 35.5. The Hall–Kier alpha value is -1.79. The van der Waals surface area contributed by atoms with E-state index in [-0.39, 0.29) is 24.2 Å². The number of nitrogens with zero attached hydrogens (tertiary/aromatic N) is 1. The van der Waals surface area contributed by atoms with Crippen LogP contribution in [0.2, 0.25) is 0 Å². The van der Waals surface area contributed by atoms with Crippen molar-refractivity contribution in [3.05, 3.63) is 24.3 Å². The van der Waals surface area contributed by atoms with Crippen LogP contribution in [-0.4, -0.2) is 44.1 Å². The summed E-state index contributed by atoms with van der Waals surface area (Å²) in [5, 5.41) is 6.34. The predicted octanol–water partition coefficient (Wildman–Crippen LogP) is 1.73. The van der Waals surface area contributed by atoms with Gasteiger partial charge in [-0.1, -0.05) is 12.1 Å². The first-order valence-corrected chi connectivity index (χ1v) is 8.69.